The van der Waals surface area contributed by atoms with E-state index in [0.717, 1.165) is 28.1 Å². The summed E-state index contributed by atoms with van der Waals surface area (Å²) in [5.41, 5.74) is 5.23. The van der Waals surface area contributed by atoms with E-state index in [1.54, 1.807) is 4.68 Å². The Hall–Kier alpha value is -3.42. The van der Waals surface area contributed by atoms with E-state index >= 15 is 0 Å². The second-order valence-electron chi connectivity index (χ2n) is 7.65. The molecule has 1 unspecified atom stereocenters. The fourth-order valence-corrected chi connectivity index (χ4v) is 3.55. The lowest BCUT2D eigenvalue weighted by molar-refractivity contribution is 0.129. The third kappa shape index (κ3) is 4.06. The Kier molecular flexibility index (Phi) is 4.38. The number of benzene rings is 1. The summed E-state index contributed by atoms with van der Waals surface area (Å²) in [7, 11) is 0. The number of amides is 1. The topological polar surface area (TPSA) is 94.0 Å². The minimum absolute atomic E-state index is 0.194. The van der Waals surface area contributed by atoms with Crippen molar-refractivity contribution in [2.45, 2.75) is 38.3 Å². The molecule has 1 saturated carbocycles. The van der Waals surface area contributed by atoms with Crippen molar-refractivity contribution in [1.29, 1.82) is 0 Å². The van der Waals surface area contributed by atoms with Crippen LogP contribution >= 0.6 is 0 Å². The quantitative estimate of drug-likeness (QED) is 0.670. The highest BCUT2D eigenvalue weighted by molar-refractivity contribution is 5.70. The molecule has 29 heavy (non-hydrogen) atoms. The molecule has 5 rings (SSSR count). The van der Waals surface area contributed by atoms with Gasteiger partial charge >= 0.3 is 6.09 Å². The van der Waals surface area contributed by atoms with Crippen LogP contribution in [0.25, 0.3) is 11.1 Å². The van der Waals surface area contributed by atoms with Gasteiger partial charge in [-0.1, -0.05) is 6.07 Å². The van der Waals surface area contributed by atoms with Crippen molar-refractivity contribution >= 4 is 17.7 Å². The van der Waals surface area contributed by atoms with Crippen molar-refractivity contribution < 1.29 is 9.53 Å². The van der Waals surface area contributed by atoms with Crippen molar-refractivity contribution in [1.82, 2.24) is 25.1 Å². The minimum atomic E-state index is -0.371. The first kappa shape index (κ1) is 17.7. The van der Waals surface area contributed by atoms with Crippen molar-refractivity contribution in [3.05, 3.63) is 54.1 Å². The molecule has 2 fully saturated rings. The van der Waals surface area contributed by atoms with E-state index in [1.165, 1.54) is 12.8 Å². The lowest BCUT2D eigenvalue weighted by Gasteiger charge is -2.09. The smallest absolute Gasteiger partial charge is 0.407 e. The zero-order valence-electron chi connectivity index (χ0n) is 16.1. The van der Waals surface area contributed by atoms with Crippen LogP contribution in [0.15, 0.2) is 42.9 Å². The number of anilines is 2. The molecule has 1 aliphatic carbocycles. The van der Waals surface area contributed by atoms with E-state index in [2.05, 4.69) is 50.8 Å². The summed E-state index contributed by atoms with van der Waals surface area (Å²) in [5.74, 6) is 1.21. The van der Waals surface area contributed by atoms with Gasteiger partial charge in [0.1, 0.15) is 6.10 Å². The predicted octanol–water partition coefficient (Wildman–Crippen LogP) is 3.38. The highest BCUT2D eigenvalue weighted by Gasteiger charge is 2.25. The molecule has 1 saturated heterocycles. The first-order chi connectivity index (χ1) is 14.1. The van der Waals surface area contributed by atoms with Gasteiger partial charge in [0.25, 0.3) is 0 Å². The molecule has 1 atom stereocenters. The molecule has 1 aromatic carbocycles. The molecule has 3 heterocycles. The van der Waals surface area contributed by atoms with Crippen LogP contribution in [0, 0.1) is 6.92 Å². The maximum Gasteiger partial charge on any atom is 0.407 e. The number of ether oxygens (including phenoxy) is 1. The maximum atomic E-state index is 11.2. The molecule has 8 heteroatoms. The number of carbonyl (C=O) groups excluding carboxylic acids is 1. The Bertz CT molecular complexity index is 1060. The number of rotatable bonds is 6. The van der Waals surface area contributed by atoms with Crippen LogP contribution < -0.4 is 10.6 Å². The van der Waals surface area contributed by atoms with Gasteiger partial charge in [0, 0.05) is 35.3 Å². The van der Waals surface area contributed by atoms with E-state index in [0.29, 0.717) is 25.0 Å². The number of hydrogen-bond donors (Lipinski definition) is 2. The number of nitrogens with one attached hydrogen (secondary N) is 2. The number of cyclic esters (lactones) is 1. The van der Waals surface area contributed by atoms with E-state index in [9.17, 15) is 4.79 Å². The van der Waals surface area contributed by atoms with Crippen molar-refractivity contribution in [3.63, 3.8) is 0 Å². The van der Waals surface area contributed by atoms with Crippen LogP contribution in [0.4, 0.5) is 16.4 Å². The Morgan fingerprint density at radius 1 is 1.28 bits per heavy atom. The SMILES string of the molecule is Cc1cc(Nc2nccc(C3CC3)n2)cc(-c2cnn(CC3CNC(=O)O3)c2)c1. The van der Waals surface area contributed by atoms with Crippen LogP contribution in [0.3, 0.4) is 0 Å². The molecule has 0 bridgehead atoms. The van der Waals surface area contributed by atoms with Gasteiger partial charge in [0.05, 0.1) is 19.3 Å². The number of aryl methyl sites for hydroxylation is 1. The Morgan fingerprint density at radius 3 is 2.97 bits per heavy atom. The highest BCUT2D eigenvalue weighted by atomic mass is 16.6. The van der Waals surface area contributed by atoms with Gasteiger partial charge in [-0.2, -0.15) is 5.10 Å². The molecule has 148 valence electrons. The second kappa shape index (κ2) is 7.20. The van der Waals surface area contributed by atoms with Gasteiger partial charge in [-0.25, -0.2) is 14.8 Å². The summed E-state index contributed by atoms with van der Waals surface area (Å²) < 4.78 is 6.98. The lowest BCUT2D eigenvalue weighted by atomic mass is 10.1. The third-order valence-electron chi connectivity index (χ3n) is 5.11. The average Bonchev–Trinajstić information content (AvgIpc) is 3.32. The van der Waals surface area contributed by atoms with Gasteiger partial charge in [0.15, 0.2) is 0 Å². The fraction of sp³-hybridized carbons (Fsp3) is 0.333. The summed E-state index contributed by atoms with van der Waals surface area (Å²) in [6.45, 7) is 3.09. The summed E-state index contributed by atoms with van der Waals surface area (Å²) >= 11 is 0. The fourth-order valence-electron chi connectivity index (χ4n) is 3.55. The molecule has 8 nitrogen and oxygen atoms in total. The first-order valence-electron chi connectivity index (χ1n) is 9.81. The van der Waals surface area contributed by atoms with E-state index < -0.39 is 0 Å². The van der Waals surface area contributed by atoms with Crippen LogP contribution in [-0.4, -0.2) is 38.5 Å². The molecule has 2 aliphatic rings. The number of aromatic nitrogens is 4. The molecular formula is C21H22N6O2. The van der Waals surface area contributed by atoms with E-state index in [4.69, 9.17) is 4.74 Å². The van der Waals surface area contributed by atoms with Crippen molar-refractivity contribution in [3.8, 4) is 11.1 Å². The molecule has 1 aliphatic heterocycles. The zero-order valence-corrected chi connectivity index (χ0v) is 16.1. The standard InChI is InChI=1S/C21H22N6O2/c1-13-6-15(16-9-24-27(11-16)12-18-10-23-21(28)29-18)8-17(7-13)25-20-22-5-4-19(26-20)14-2-3-14/h4-9,11,14,18H,2-3,10,12H2,1H3,(H,23,28)(H,22,25,26). The second-order valence-corrected chi connectivity index (χ2v) is 7.65. The Morgan fingerprint density at radius 2 is 2.17 bits per heavy atom. The third-order valence-corrected chi connectivity index (χ3v) is 5.11. The average molecular weight is 390 g/mol. The first-order valence-corrected chi connectivity index (χ1v) is 9.81. The van der Waals surface area contributed by atoms with Crippen LogP contribution in [0.2, 0.25) is 0 Å². The van der Waals surface area contributed by atoms with Crippen LogP contribution in [-0.2, 0) is 11.3 Å². The molecular weight excluding hydrogens is 368 g/mol. The van der Waals surface area contributed by atoms with Gasteiger partial charge < -0.3 is 15.4 Å². The zero-order chi connectivity index (χ0) is 19.8. The Labute approximate surface area is 168 Å². The lowest BCUT2D eigenvalue weighted by Crippen LogP contribution is -2.20. The molecule has 0 spiro atoms. The highest BCUT2D eigenvalue weighted by Crippen LogP contribution is 2.39. The van der Waals surface area contributed by atoms with Gasteiger partial charge in [-0.05, 0) is 49.1 Å². The number of nitrogens with zero attached hydrogens (tertiary/aromatic N) is 4. The number of alkyl carbamates (subject to hydrolysis) is 1. The summed E-state index contributed by atoms with van der Waals surface area (Å²) in [5, 5.41) is 10.4. The maximum absolute atomic E-state index is 11.2. The van der Waals surface area contributed by atoms with Gasteiger partial charge in [-0.3, -0.25) is 4.68 Å². The van der Waals surface area contributed by atoms with Gasteiger partial charge in [0.2, 0.25) is 5.95 Å². The summed E-state index contributed by atoms with van der Waals surface area (Å²) in [6, 6.07) is 8.25. The number of hydrogen-bond acceptors (Lipinski definition) is 6. The summed E-state index contributed by atoms with van der Waals surface area (Å²) in [4.78, 5) is 20.2. The summed E-state index contributed by atoms with van der Waals surface area (Å²) in [6.07, 6.45) is 7.47. The van der Waals surface area contributed by atoms with Crippen LogP contribution in [0.5, 0.6) is 0 Å². The predicted molar refractivity (Wildman–Crippen MR) is 108 cm³/mol. The van der Waals surface area contributed by atoms with Crippen LogP contribution in [0.1, 0.15) is 30.0 Å². The number of carbonyl (C=O) groups is 1. The van der Waals surface area contributed by atoms with Crippen molar-refractivity contribution in [2.24, 2.45) is 0 Å². The minimum Gasteiger partial charge on any atom is -0.442 e. The normalized spacial score (nSPS) is 18.4. The molecule has 2 N–H and O–H groups in total. The Balaban J connectivity index is 1.34. The largest absolute Gasteiger partial charge is 0.442 e. The molecule has 1 amide bonds. The van der Waals surface area contributed by atoms with E-state index in [1.807, 2.05) is 24.7 Å². The van der Waals surface area contributed by atoms with E-state index in [-0.39, 0.29) is 12.2 Å². The molecule has 2 aromatic heterocycles. The molecule has 0 radical (unpaired) electrons. The van der Waals surface area contributed by atoms with Crippen molar-refractivity contribution in [2.75, 3.05) is 11.9 Å². The van der Waals surface area contributed by atoms with Gasteiger partial charge in [-0.15, -0.1) is 0 Å². The monoisotopic (exact) mass is 390 g/mol. The molecule has 3 aromatic rings.